The fourth-order valence-corrected chi connectivity index (χ4v) is 1.07. The molecule has 0 fully saturated rings. The molecule has 3 nitrogen and oxygen atoms in total. The van der Waals surface area contributed by atoms with Crippen molar-refractivity contribution in [3.8, 4) is 11.3 Å². The van der Waals surface area contributed by atoms with Crippen LogP contribution < -0.4 is 0 Å². The quantitative estimate of drug-likeness (QED) is 0.685. The van der Waals surface area contributed by atoms with E-state index in [-0.39, 0.29) is 0 Å². The highest BCUT2D eigenvalue weighted by Gasteiger charge is 1.98. The summed E-state index contributed by atoms with van der Waals surface area (Å²) in [6, 6.07) is 7.85. The number of aromatic amines is 1. The highest BCUT2D eigenvalue weighted by molar-refractivity contribution is 5.58. The number of nitrogens with one attached hydrogen (secondary N) is 1. The molecule has 1 heterocycles. The van der Waals surface area contributed by atoms with E-state index in [1.54, 1.807) is 6.20 Å². The molecular weight excluding hydrogens is 150 g/mol. The van der Waals surface area contributed by atoms with Gasteiger partial charge in [0.1, 0.15) is 5.69 Å². The van der Waals surface area contributed by atoms with Gasteiger partial charge in [0.2, 0.25) is 0 Å². The average Bonchev–Trinajstić information content (AvgIpc) is 2.56. The molecule has 3 heteroatoms. The zero-order chi connectivity index (χ0) is 8.39. The summed E-state index contributed by atoms with van der Waals surface area (Å²) >= 11 is 0. The third-order valence-corrected chi connectivity index (χ3v) is 1.64. The zero-order valence-corrected chi connectivity index (χ0v) is 6.49. The van der Waals surface area contributed by atoms with Crippen molar-refractivity contribution in [1.29, 1.82) is 0 Å². The minimum absolute atomic E-state index is 0.848. The van der Waals surface area contributed by atoms with E-state index in [1.807, 2.05) is 24.3 Å². The number of aromatic nitrogens is 3. The number of hydrogen-bond acceptors (Lipinski definition) is 2. The Morgan fingerprint density at radius 2 is 2.25 bits per heavy atom. The molecule has 0 unspecified atom stereocenters. The summed E-state index contributed by atoms with van der Waals surface area (Å²) in [7, 11) is 0. The molecule has 59 valence electrons. The molecule has 0 saturated heterocycles. The van der Waals surface area contributed by atoms with Crippen molar-refractivity contribution in [2.45, 2.75) is 0 Å². The molecule has 2 aromatic rings. The lowest BCUT2D eigenvalue weighted by Crippen LogP contribution is -1.78. The molecule has 0 amide bonds. The highest BCUT2D eigenvalue weighted by atomic mass is 15.3. The first kappa shape index (κ1) is 7.03. The average molecular weight is 158 g/mol. The third-order valence-electron chi connectivity index (χ3n) is 1.64. The van der Waals surface area contributed by atoms with Crippen LogP contribution in [0.15, 0.2) is 30.5 Å². The first-order valence-electron chi connectivity index (χ1n) is 3.65. The molecule has 1 aromatic carbocycles. The van der Waals surface area contributed by atoms with Gasteiger partial charge in [-0.1, -0.05) is 23.4 Å². The minimum atomic E-state index is 0.848. The van der Waals surface area contributed by atoms with Crippen molar-refractivity contribution in [1.82, 2.24) is 15.4 Å². The smallest absolute Gasteiger partial charge is 0.112 e. The molecular formula is C9H8N3. The van der Waals surface area contributed by atoms with Gasteiger partial charge < -0.3 is 0 Å². The van der Waals surface area contributed by atoms with Crippen molar-refractivity contribution in [2.75, 3.05) is 0 Å². The van der Waals surface area contributed by atoms with Gasteiger partial charge in [-0.15, -0.1) is 5.10 Å². The molecule has 0 bridgehead atoms. The van der Waals surface area contributed by atoms with Crippen LogP contribution in [0.3, 0.4) is 0 Å². The second-order valence-corrected chi connectivity index (χ2v) is 2.56. The van der Waals surface area contributed by atoms with E-state index in [2.05, 4.69) is 22.3 Å². The maximum absolute atomic E-state index is 3.89. The van der Waals surface area contributed by atoms with Gasteiger partial charge in [-0.2, -0.15) is 0 Å². The number of rotatable bonds is 1. The first-order chi connectivity index (χ1) is 5.86. The van der Waals surface area contributed by atoms with Crippen molar-refractivity contribution < 1.29 is 0 Å². The molecule has 0 spiro atoms. The molecule has 1 N–H and O–H groups in total. The first-order valence-corrected chi connectivity index (χ1v) is 3.65. The fourth-order valence-electron chi connectivity index (χ4n) is 1.07. The zero-order valence-electron chi connectivity index (χ0n) is 6.49. The van der Waals surface area contributed by atoms with Gasteiger partial charge in [0.05, 0.1) is 0 Å². The van der Waals surface area contributed by atoms with E-state index >= 15 is 0 Å². The highest BCUT2D eigenvalue weighted by Crippen LogP contribution is 2.15. The van der Waals surface area contributed by atoms with Gasteiger partial charge in [0.25, 0.3) is 0 Å². The molecule has 2 rings (SSSR count). The van der Waals surface area contributed by atoms with E-state index in [4.69, 9.17) is 0 Å². The Kier molecular flexibility index (Phi) is 1.63. The van der Waals surface area contributed by atoms with Crippen molar-refractivity contribution in [2.24, 2.45) is 0 Å². The van der Waals surface area contributed by atoms with E-state index in [0.717, 1.165) is 16.8 Å². The van der Waals surface area contributed by atoms with Gasteiger partial charge in [0.15, 0.2) is 0 Å². The van der Waals surface area contributed by atoms with Crippen molar-refractivity contribution >= 4 is 0 Å². The van der Waals surface area contributed by atoms with Crippen molar-refractivity contribution in [3.63, 3.8) is 0 Å². The lowest BCUT2D eigenvalue weighted by molar-refractivity contribution is 0.942. The molecule has 0 aliphatic carbocycles. The largest absolute Gasteiger partial charge is 0.265 e. The number of hydrogen-bond donors (Lipinski definition) is 1. The molecule has 0 saturated carbocycles. The van der Waals surface area contributed by atoms with Crippen LogP contribution in [-0.2, 0) is 0 Å². The van der Waals surface area contributed by atoms with Crippen LogP contribution >= 0.6 is 0 Å². The molecule has 1 radical (unpaired) electrons. The van der Waals surface area contributed by atoms with E-state index in [1.165, 1.54) is 0 Å². The van der Waals surface area contributed by atoms with E-state index in [9.17, 15) is 0 Å². The maximum atomic E-state index is 3.89. The maximum Gasteiger partial charge on any atom is 0.112 e. The predicted molar refractivity (Wildman–Crippen MR) is 46.3 cm³/mol. The Morgan fingerprint density at radius 1 is 1.33 bits per heavy atom. The lowest BCUT2D eigenvalue weighted by atomic mass is 10.1. The van der Waals surface area contributed by atoms with E-state index < -0.39 is 0 Å². The summed E-state index contributed by atoms with van der Waals surface area (Å²) in [5.41, 5.74) is 2.87. The van der Waals surface area contributed by atoms with E-state index in [0.29, 0.717) is 0 Å². The standard InChI is InChI=1S/C9H8N3/c1-7-3-2-4-8(5-7)9-6-10-12-11-9/h2-6H,1H2,(H,10,11,12). The minimum Gasteiger partial charge on any atom is -0.265 e. The molecule has 12 heavy (non-hydrogen) atoms. The SMILES string of the molecule is [CH2]c1cccc(-c2c[nH]nn2)c1. The predicted octanol–water partition coefficient (Wildman–Crippen LogP) is 1.65. The lowest BCUT2D eigenvalue weighted by Gasteiger charge is -1.95. The van der Waals surface area contributed by atoms with Crippen LogP contribution in [0.2, 0.25) is 0 Å². The second-order valence-electron chi connectivity index (χ2n) is 2.56. The molecule has 0 atom stereocenters. The van der Waals surface area contributed by atoms with Crippen LogP contribution in [0.4, 0.5) is 0 Å². The number of benzene rings is 1. The van der Waals surface area contributed by atoms with Gasteiger partial charge in [-0.05, 0) is 18.6 Å². The fraction of sp³-hybridized carbons (Fsp3) is 0. The normalized spacial score (nSPS) is 10.1. The topological polar surface area (TPSA) is 41.6 Å². The van der Waals surface area contributed by atoms with Crippen LogP contribution in [0.25, 0.3) is 11.3 Å². The summed E-state index contributed by atoms with van der Waals surface area (Å²) < 4.78 is 0. The van der Waals surface area contributed by atoms with Gasteiger partial charge >= 0.3 is 0 Å². The van der Waals surface area contributed by atoms with Crippen LogP contribution in [0, 0.1) is 6.92 Å². The number of nitrogens with zero attached hydrogens (tertiary/aromatic N) is 2. The Balaban J connectivity index is 2.48. The van der Waals surface area contributed by atoms with Crippen LogP contribution in [0.1, 0.15) is 5.56 Å². The van der Waals surface area contributed by atoms with Crippen molar-refractivity contribution in [3.05, 3.63) is 42.9 Å². The number of H-pyrrole nitrogens is 1. The monoisotopic (exact) mass is 158 g/mol. The Bertz CT molecular complexity index is 365. The molecule has 0 aliphatic heterocycles. The van der Waals surface area contributed by atoms with Gasteiger partial charge in [-0.25, -0.2) is 0 Å². The summed E-state index contributed by atoms with van der Waals surface area (Å²) in [5.74, 6) is 0. The summed E-state index contributed by atoms with van der Waals surface area (Å²) in [6.07, 6.45) is 1.76. The Hall–Kier alpha value is -1.64. The second kappa shape index (κ2) is 2.77. The Morgan fingerprint density at radius 3 is 2.92 bits per heavy atom. The van der Waals surface area contributed by atoms with Crippen LogP contribution in [-0.4, -0.2) is 15.4 Å². The molecule has 0 aliphatic rings. The summed E-state index contributed by atoms with van der Waals surface area (Å²) in [5, 5.41) is 10.2. The van der Waals surface area contributed by atoms with Crippen LogP contribution in [0.5, 0.6) is 0 Å². The summed E-state index contributed by atoms with van der Waals surface area (Å²) in [6.45, 7) is 3.83. The van der Waals surface area contributed by atoms with Gasteiger partial charge in [0, 0.05) is 11.8 Å². The van der Waals surface area contributed by atoms with Gasteiger partial charge in [-0.3, -0.25) is 5.10 Å². The summed E-state index contributed by atoms with van der Waals surface area (Å²) in [4.78, 5) is 0. The Labute approximate surface area is 70.4 Å². The third kappa shape index (κ3) is 1.21. The molecule has 1 aromatic heterocycles.